The average molecular weight is 367 g/mol. The van der Waals surface area contributed by atoms with Crippen LogP contribution in [-0.2, 0) is 6.54 Å². The fourth-order valence-corrected chi connectivity index (χ4v) is 2.60. The van der Waals surface area contributed by atoms with Gasteiger partial charge in [0.25, 0.3) is 0 Å². The Morgan fingerprint density at radius 1 is 1.22 bits per heavy atom. The standard InChI is InChI=1S/C18H14FN5O3/c19-15-7-13(1-2-17(15)24-5-3-12(11-24)9-21-25)16-8-14(27-22-16)10-20-18-4-6-26-23-18/h1-9,11,25H,10H2,(H,20,23)/b21-9+. The van der Waals surface area contributed by atoms with Gasteiger partial charge < -0.3 is 24.1 Å². The van der Waals surface area contributed by atoms with Crippen LogP contribution in [0, 0.1) is 5.82 Å². The first kappa shape index (κ1) is 16.6. The van der Waals surface area contributed by atoms with Crippen molar-refractivity contribution < 1.29 is 18.6 Å². The molecule has 0 amide bonds. The third kappa shape index (κ3) is 3.56. The topological polar surface area (TPSA) is 102 Å². The van der Waals surface area contributed by atoms with Gasteiger partial charge in [0.2, 0.25) is 0 Å². The number of benzene rings is 1. The lowest BCUT2D eigenvalue weighted by Gasteiger charge is -2.05. The van der Waals surface area contributed by atoms with E-state index in [1.165, 1.54) is 18.5 Å². The van der Waals surface area contributed by atoms with Gasteiger partial charge in [0.05, 0.1) is 18.4 Å². The minimum atomic E-state index is -0.416. The molecule has 1 aromatic carbocycles. The highest BCUT2D eigenvalue weighted by molar-refractivity contribution is 5.79. The highest BCUT2D eigenvalue weighted by atomic mass is 19.1. The summed E-state index contributed by atoms with van der Waals surface area (Å²) in [5.41, 5.74) is 2.14. The molecule has 136 valence electrons. The molecule has 0 saturated heterocycles. The average Bonchev–Trinajstić information content (AvgIpc) is 3.42. The first-order valence-corrected chi connectivity index (χ1v) is 7.98. The summed E-state index contributed by atoms with van der Waals surface area (Å²) in [4.78, 5) is 0. The van der Waals surface area contributed by atoms with Gasteiger partial charge in [-0.3, -0.25) is 0 Å². The first-order valence-electron chi connectivity index (χ1n) is 7.98. The zero-order valence-corrected chi connectivity index (χ0v) is 13.9. The molecule has 3 heterocycles. The van der Waals surface area contributed by atoms with Gasteiger partial charge in [-0.1, -0.05) is 21.5 Å². The number of anilines is 1. The van der Waals surface area contributed by atoms with E-state index in [1.807, 2.05) is 0 Å². The molecule has 0 aliphatic carbocycles. The minimum absolute atomic E-state index is 0.368. The van der Waals surface area contributed by atoms with Crippen LogP contribution in [0.25, 0.3) is 16.9 Å². The number of nitrogens with one attached hydrogen (secondary N) is 1. The molecule has 0 fully saturated rings. The molecule has 0 saturated carbocycles. The van der Waals surface area contributed by atoms with Gasteiger partial charge in [-0.25, -0.2) is 4.39 Å². The van der Waals surface area contributed by atoms with E-state index in [2.05, 4.69) is 20.8 Å². The van der Waals surface area contributed by atoms with Gasteiger partial charge in [0.1, 0.15) is 17.8 Å². The summed E-state index contributed by atoms with van der Waals surface area (Å²) in [5.74, 6) is 0.748. The van der Waals surface area contributed by atoms with Gasteiger partial charge >= 0.3 is 0 Å². The maximum atomic E-state index is 14.6. The first-order chi connectivity index (χ1) is 13.2. The Bertz CT molecular complexity index is 1070. The predicted molar refractivity (Wildman–Crippen MR) is 94.4 cm³/mol. The van der Waals surface area contributed by atoms with Gasteiger partial charge in [-0.05, 0) is 18.2 Å². The molecule has 4 rings (SSSR count). The smallest absolute Gasteiger partial charge is 0.169 e. The molecule has 0 radical (unpaired) electrons. The Labute approximate surface area is 152 Å². The normalized spacial score (nSPS) is 11.3. The monoisotopic (exact) mass is 367 g/mol. The molecule has 0 aliphatic heterocycles. The third-order valence-electron chi connectivity index (χ3n) is 3.88. The van der Waals surface area contributed by atoms with E-state index in [9.17, 15) is 4.39 Å². The quantitative estimate of drug-likeness (QED) is 0.306. The van der Waals surface area contributed by atoms with Crippen molar-refractivity contribution in [1.82, 2.24) is 14.9 Å². The van der Waals surface area contributed by atoms with Crippen LogP contribution in [0.2, 0.25) is 0 Å². The Balaban J connectivity index is 1.52. The number of aromatic nitrogens is 3. The van der Waals surface area contributed by atoms with Gasteiger partial charge in [0, 0.05) is 35.7 Å². The molecule has 0 bridgehead atoms. The van der Waals surface area contributed by atoms with E-state index < -0.39 is 5.82 Å². The van der Waals surface area contributed by atoms with Crippen molar-refractivity contribution in [1.29, 1.82) is 0 Å². The molecule has 0 spiro atoms. The van der Waals surface area contributed by atoms with Crippen LogP contribution in [0.4, 0.5) is 10.2 Å². The van der Waals surface area contributed by atoms with E-state index in [-0.39, 0.29) is 0 Å². The summed E-state index contributed by atoms with van der Waals surface area (Å²) in [6.45, 7) is 0.374. The fraction of sp³-hybridized carbons (Fsp3) is 0.0556. The summed E-state index contributed by atoms with van der Waals surface area (Å²) in [6, 6.07) is 9.91. The molecule has 9 heteroatoms. The molecule has 3 aromatic heterocycles. The van der Waals surface area contributed by atoms with E-state index in [0.29, 0.717) is 40.6 Å². The Kier molecular flexibility index (Phi) is 4.40. The summed E-state index contributed by atoms with van der Waals surface area (Å²) >= 11 is 0. The van der Waals surface area contributed by atoms with Crippen LogP contribution in [0.3, 0.4) is 0 Å². The Hall–Kier alpha value is -3.88. The second-order valence-corrected chi connectivity index (χ2v) is 5.68. The number of oxime groups is 1. The molecular formula is C18H14FN5O3. The molecule has 2 N–H and O–H groups in total. The third-order valence-corrected chi connectivity index (χ3v) is 3.88. The van der Waals surface area contributed by atoms with Crippen molar-refractivity contribution in [2.45, 2.75) is 6.54 Å². The van der Waals surface area contributed by atoms with Crippen molar-refractivity contribution in [3.8, 4) is 16.9 Å². The molecular weight excluding hydrogens is 353 g/mol. The van der Waals surface area contributed by atoms with Crippen LogP contribution in [0.15, 0.2) is 69.3 Å². The number of nitrogens with zero attached hydrogens (tertiary/aromatic N) is 4. The molecule has 0 aliphatic rings. The summed E-state index contributed by atoms with van der Waals surface area (Å²) < 4.78 is 26.2. The van der Waals surface area contributed by atoms with Gasteiger partial charge in [-0.2, -0.15) is 0 Å². The van der Waals surface area contributed by atoms with Crippen molar-refractivity contribution in [3.63, 3.8) is 0 Å². The lowest BCUT2D eigenvalue weighted by atomic mass is 10.1. The maximum Gasteiger partial charge on any atom is 0.169 e. The van der Waals surface area contributed by atoms with Crippen molar-refractivity contribution in [2.24, 2.45) is 5.16 Å². The van der Waals surface area contributed by atoms with E-state index in [0.717, 1.165) is 0 Å². The van der Waals surface area contributed by atoms with Crippen LogP contribution < -0.4 is 5.32 Å². The van der Waals surface area contributed by atoms with Gasteiger partial charge in [0.15, 0.2) is 11.6 Å². The molecule has 4 aromatic rings. The molecule has 0 atom stereocenters. The number of hydrogen-bond acceptors (Lipinski definition) is 7. The van der Waals surface area contributed by atoms with Gasteiger partial charge in [-0.15, -0.1) is 0 Å². The zero-order valence-electron chi connectivity index (χ0n) is 13.9. The van der Waals surface area contributed by atoms with Crippen molar-refractivity contribution in [2.75, 3.05) is 5.32 Å². The Morgan fingerprint density at radius 2 is 2.15 bits per heavy atom. The summed E-state index contributed by atoms with van der Waals surface area (Å²) in [5, 5.41) is 22.3. The molecule has 27 heavy (non-hydrogen) atoms. The largest absolute Gasteiger partial charge is 0.411 e. The van der Waals surface area contributed by atoms with E-state index >= 15 is 0 Å². The minimum Gasteiger partial charge on any atom is -0.411 e. The second kappa shape index (κ2) is 7.16. The van der Waals surface area contributed by atoms with Crippen LogP contribution in [0.5, 0.6) is 0 Å². The summed E-state index contributed by atoms with van der Waals surface area (Å²) in [6.07, 6.45) is 6.07. The van der Waals surface area contributed by atoms with E-state index in [4.69, 9.17) is 14.3 Å². The van der Waals surface area contributed by atoms with Crippen molar-refractivity contribution >= 4 is 12.0 Å². The molecule has 0 unspecified atom stereocenters. The highest BCUT2D eigenvalue weighted by Crippen LogP contribution is 2.24. The SMILES string of the molecule is O/N=C/c1ccn(-c2ccc(-c3cc(CNc4ccon4)on3)cc2F)c1. The van der Waals surface area contributed by atoms with E-state index in [1.54, 1.807) is 47.3 Å². The summed E-state index contributed by atoms with van der Waals surface area (Å²) in [7, 11) is 0. The zero-order chi connectivity index (χ0) is 18.6. The van der Waals surface area contributed by atoms with Crippen LogP contribution in [-0.4, -0.2) is 26.3 Å². The molecule has 8 nitrogen and oxygen atoms in total. The van der Waals surface area contributed by atoms with Crippen LogP contribution in [0.1, 0.15) is 11.3 Å². The fourth-order valence-electron chi connectivity index (χ4n) is 2.60. The Morgan fingerprint density at radius 3 is 2.93 bits per heavy atom. The highest BCUT2D eigenvalue weighted by Gasteiger charge is 2.11. The van der Waals surface area contributed by atoms with Crippen molar-refractivity contribution in [3.05, 3.63) is 72.2 Å². The number of rotatable bonds is 6. The number of hydrogen-bond donors (Lipinski definition) is 2. The number of halogens is 1. The second-order valence-electron chi connectivity index (χ2n) is 5.68. The lowest BCUT2D eigenvalue weighted by Crippen LogP contribution is -1.97. The van der Waals surface area contributed by atoms with Crippen LogP contribution >= 0.6 is 0 Å². The maximum absolute atomic E-state index is 14.6. The lowest BCUT2D eigenvalue weighted by molar-refractivity contribution is 0.322. The predicted octanol–water partition coefficient (Wildman–Crippen LogP) is 3.68.